The molecule has 2 unspecified atom stereocenters. The van der Waals surface area contributed by atoms with Crippen molar-refractivity contribution in [1.82, 2.24) is 10.8 Å². The average molecular weight is 316 g/mol. The highest BCUT2D eigenvalue weighted by Crippen LogP contribution is 2.28. The standard InChI is InChI=1S/C15H28N2O5/c1-15(2,3)22-14(20)16-11(13(19)17-21-4)12(18)10-8-6-5-7-9-10/h10-12,18H,5-9H2,1-4H3,(H,16,20)(H,17,19). The van der Waals surface area contributed by atoms with Gasteiger partial charge in [0.15, 0.2) is 0 Å². The first-order chi connectivity index (χ1) is 10.2. The molecule has 128 valence electrons. The summed E-state index contributed by atoms with van der Waals surface area (Å²) in [6.07, 6.45) is 3.15. The van der Waals surface area contributed by atoms with Gasteiger partial charge in [0.05, 0.1) is 13.2 Å². The number of hydrogen-bond acceptors (Lipinski definition) is 5. The van der Waals surface area contributed by atoms with E-state index in [-0.39, 0.29) is 5.92 Å². The van der Waals surface area contributed by atoms with E-state index in [1.807, 2.05) is 0 Å². The lowest BCUT2D eigenvalue weighted by Crippen LogP contribution is -2.56. The zero-order valence-corrected chi connectivity index (χ0v) is 13.8. The van der Waals surface area contributed by atoms with E-state index < -0.39 is 29.7 Å². The van der Waals surface area contributed by atoms with Crippen LogP contribution in [0.25, 0.3) is 0 Å². The summed E-state index contributed by atoms with van der Waals surface area (Å²) in [4.78, 5) is 28.6. The molecule has 2 atom stereocenters. The first kappa shape index (κ1) is 18.7. The lowest BCUT2D eigenvalue weighted by Gasteiger charge is -2.32. The predicted molar refractivity (Wildman–Crippen MR) is 80.9 cm³/mol. The quantitative estimate of drug-likeness (QED) is 0.668. The summed E-state index contributed by atoms with van der Waals surface area (Å²) < 4.78 is 5.15. The number of nitrogens with one attached hydrogen (secondary N) is 2. The van der Waals surface area contributed by atoms with Gasteiger partial charge in [0, 0.05) is 0 Å². The Morgan fingerprint density at radius 2 is 1.77 bits per heavy atom. The van der Waals surface area contributed by atoms with Crippen molar-refractivity contribution in [2.75, 3.05) is 7.11 Å². The van der Waals surface area contributed by atoms with E-state index in [4.69, 9.17) is 4.74 Å². The van der Waals surface area contributed by atoms with Crippen molar-refractivity contribution in [2.24, 2.45) is 5.92 Å². The Labute approximate surface area is 131 Å². The Morgan fingerprint density at radius 1 is 1.18 bits per heavy atom. The van der Waals surface area contributed by atoms with Crippen molar-refractivity contribution in [1.29, 1.82) is 0 Å². The first-order valence-electron chi connectivity index (χ1n) is 7.75. The molecule has 0 radical (unpaired) electrons. The van der Waals surface area contributed by atoms with E-state index >= 15 is 0 Å². The fraction of sp³-hybridized carbons (Fsp3) is 0.867. The minimum atomic E-state index is -1.10. The zero-order valence-electron chi connectivity index (χ0n) is 13.8. The lowest BCUT2D eigenvalue weighted by molar-refractivity contribution is -0.137. The fourth-order valence-electron chi connectivity index (χ4n) is 2.65. The maximum absolute atomic E-state index is 12.1. The van der Waals surface area contributed by atoms with E-state index in [0.29, 0.717) is 0 Å². The van der Waals surface area contributed by atoms with Gasteiger partial charge in [-0.05, 0) is 39.5 Å². The summed E-state index contributed by atoms with van der Waals surface area (Å²) in [5, 5.41) is 12.9. The molecule has 7 heteroatoms. The molecule has 0 aromatic heterocycles. The van der Waals surface area contributed by atoms with Crippen LogP contribution in [0.2, 0.25) is 0 Å². The Hall–Kier alpha value is -1.34. The normalized spacial score (nSPS) is 19.1. The Morgan fingerprint density at radius 3 is 2.27 bits per heavy atom. The molecular weight excluding hydrogens is 288 g/mol. The number of hydroxylamine groups is 1. The maximum atomic E-state index is 12.1. The third-order valence-electron chi connectivity index (χ3n) is 3.63. The van der Waals surface area contributed by atoms with E-state index in [0.717, 1.165) is 32.1 Å². The van der Waals surface area contributed by atoms with Crippen molar-refractivity contribution in [3.63, 3.8) is 0 Å². The summed E-state index contributed by atoms with van der Waals surface area (Å²) in [6.45, 7) is 5.19. The third kappa shape index (κ3) is 6.19. The SMILES string of the molecule is CONC(=O)C(NC(=O)OC(C)(C)C)C(O)C1CCCCC1. The molecule has 22 heavy (non-hydrogen) atoms. The average Bonchev–Trinajstić information content (AvgIpc) is 2.43. The van der Waals surface area contributed by atoms with Crippen LogP contribution in [0.5, 0.6) is 0 Å². The predicted octanol–water partition coefficient (Wildman–Crippen LogP) is 1.50. The maximum Gasteiger partial charge on any atom is 0.408 e. The van der Waals surface area contributed by atoms with Crippen molar-refractivity contribution in [3.8, 4) is 0 Å². The number of aliphatic hydroxyl groups excluding tert-OH is 1. The van der Waals surface area contributed by atoms with Crippen LogP contribution in [0.4, 0.5) is 4.79 Å². The summed E-state index contributed by atoms with van der Waals surface area (Å²) in [5.74, 6) is -0.609. The molecule has 1 aliphatic carbocycles. The summed E-state index contributed by atoms with van der Waals surface area (Å²) in [7, 11) is 1.30. The van der Waals surface area contributed by atoms with Gasteiger partial charge in [-0.25, -0.2) is 10.3 Å². The van der Waals surface area contributed by atoms with Gasteiger partial charge in [-0.2, -0.15) is 0 Å². The van der Waals surface area contributed by atoms with Gasteiger partial charge in [-0.3, -0.25) is 9.63 Å². The third-order valence-corrected chi connectivity index (χ3v) is 3.63. The second kappa shape index (κ2) is 8.33. The summed E-state index contributed by atoms with van der Waals surface area (Å²) >= 11 is 0. The van der Waals surface area contributed by atoms with Crippen LogP contribution in [0, 0.1) is 5.92 Å². The van der Waals surface area contributed by atoms with Crippen molar-refractivity contribution < 1.29 is 24.3 Å². The van der Waals surface area contributed by atoms with E-state index in [1.54, 1.807) is 20.8 Å². The first-order valence-corrected chi connectivity index (χ1v) is 7.75. The van der Waals surface area contributed by atoms with Gasteiger partial charge in [-0.1, -0.05) is 19.3 Å². The molecule has 1 fully saturated rings. The van der Waals surface area contributed by atoms with E-state index in [1.165, 1.54) is 7.11 Å². The largest absolute Gasteiger partial charge is 0.444 e. The number of ether oxygens (including phenoxy) is 1. The molecule has 0 bridgehead atoms. The van der Waals surface area contributed by atoms with Crippen LogP contribution >= 0.6 is 0 Å². The van der Waals surface area contributed by atoms with Crippen molar-refractivity contribution in [2.45, 2.75) is 70.6 Å². The highest BCUT2D eigenvalue weighted by Gasteiger charge is 2.35. The van der Waals surface area contributed by atoms with Crippen LogP contribution in [0.3, 0.4) is 0 Å². The second-order valence-corrected chi connectivity index (χ2v) is 6.68. The van der Waals surface area contributed by atoms with Crippen LogP contribution in [0.15, 0.2) is 0 Å². The number of aliphatic hydroxyl groups is 1. The lowest BCUT2D eigenvalue weighted by atomic mass is 9.82. The van der Waals surface area contributed by atoms with E-state index in [2.05, 4.69) is 15.6 Å². The minimum absolute atomic E-state index is 0.0173. The topological polar surface area (TPSA) is 96.9 Å². The molecule has 0 saturated heterocycles. The number of carbonyl (C=O) groups is 2. The van der Waals surface area contributed by atoms with Gasteiger partial charge in [-0.15, -0.1) is 0 Å². The Kier molecular flexibility index (Phi) is 7.09. The number of carbonyl (C=O) groups excluding carboxylic acids is 2. The van der Waals surface area contributed by atoms with E-state index in [9.17, 15) is 14.7 Å². The molecular formula is C15H28N2O5. The molecule has 3 N–H and O–H groups in total. The zero-order chi connectivity index (χ0) is 16.8. The van der Waals surface area contributed by atoms with Crippen LogP contribution in [-0.2, 0) is 14.4 Å². The monoisotopic (exact) mass is 316 g/mol. The molecule has 0 aromatic rings. The molecule has 1 rings (SSSR count). The van der Waals surface area contributed by atoms with Gasteiger partial charge in [0.1, 0.15) is 11.6 Å². The minimum Gasteiger partial charge on any atom is -0.444 e. The fourth-order valence-corrected chi connectivity index (χ4v) is 2.65. The van der Waals surface area contributed by atoms with Crippen LogP contribution in [-0.4, -0.2) is 42.0 Å². The second-order valence-electron chi connectivity index (χ2n) is 6.68. The molecule has 1 saturated carbocycles. The van der Waals surface area contributed by atoms with Gasteiger partial charge < -0.3 is 15.2 Å². The van der Waals surface area contributed by atoms with Gasteiger partial charge in [0.25, 0.3) is 5.91 Å². The van der Waals surface area contributed by atoms with Crippen molar-refractivity contribution >= 4 is 12.0 Å². The molecule has 0 aromatic carbocycles. The molecule has 7 nitrogen and oxygen atoms in total. The van der Waals surface area contributed by atoms with Gasteiger partial charge >= 0.3 is 6.09 Å². The summed E-state index contributed by atoms with van der Waals surface area (Å²) in [6, 6.07) is -1.10. The molecule has 0 heterocycles. The Bertz CT molecular complexity index is 375. The number of rotatable bonds is 5. The Balaban J connectivity index is 2.74. The summed E-state index contributed by atoms with van der Waals surface area (Å²) in [5.41, 5.74) is 1.49. The smallest absolute Gasteiger partial charge is 0.408 e. The highest BCUT2D eigenvalue weighted by atomic mass is 16.6. The number of amides is 2. The van der Waals surface area contributed by atoms with Gasteiger partial charge in [0.2, 0.25) is 0 Å². The number of alkyl carbamates (subject to hydrolysis) is 1. The highest BCUT2D eigenvalue weighted by molar-refractivity contribution is 5.85. The molecule has 1 aliphatic rings. The molecule has 0 spiro atoms. The molecule has 2 amide bonds. The molecule has 0 aliphatic heterocycles. The van der Waals surface area contributed by atoms with Crippen LogP contribution in [0.1, 0.15) is 52.9 Å². The van der Waals surface area contributed by atoms with Crippen LogP contribution < -0.4 is 10.8 Å². The number of hydrogen-bond donors (Lipinski definition) is 3. The van der Waals surface area contributed by atoms with Crippen molar-refractivity contribution in [3.05, 3.63) is 0 Å².